The number of carboxylic acids is 1. The molecule has 3 atom stereocenters. The molecule has 3 unspecified atom stereocenters. The SMILES string of the molecule is COC(=O)C(O)C(C(=O)SCC(NC(C)=O)C(=O)O)C(C)C. The van der Waals surface area contributed by atoms with Crippen LogP contribution in [0.3, 0.4) is 0 Å². The van der Waals surface area contributed by atoms with E-state index in [-0.39, 0.29) is 11.7 Å². The fourth-order valence-electron chi connectivity index (χ4n) is 1.71. The summed E-state index contributed by atoms with van der Waals surface area (Å²) in [6.07, 6.45) is -1.62. The maximum Gasteiger partial charge on any atom is 0.335 e. The minimum Gasteiger partial charge on any atom is -0.480 e. The number of aliphatic hydroxyl groups excluding tert-OH is 1. The number of methoxy groups -OCH3 is 1. The van der Waals surface area contributed by atoms with Crippen molar-refractivity contribution in [2.75, 3.05) is 12.9 Å². The van der Waals surface area contributed by atoms with Crippen LogP contribution in [0.4, 0.5) is 0 Å². The molecule has 126 valence electrons. The van der Waals surface area contributed by atoms with Crippen molar-refractivity contribution in [1.29, 1.82) is 0 Å². The van der Waals surface area contributed by atoms with E-state index in [4.69, 9.17) is 5.11 Å². The Balaban J connectivity index is 4.86. The summed E-state index contributed by atoms with van der Waals surface area (Å²) in [5.74, 6) is -4.31. The van der Waals surface area contributed by atoms with E-state index in [2.05, 4.69) is 10.1 Å². The number of carbonyl (C=O) groups is 4. The number of rotatable bonds is 8. The molecule has 0 bridgehead atoms. The van der Waals surface area contributed by atoms with E-state index in [0.29, 0.717) is 11.8 Å². The third-order valence-electron chi connectivity index (χ3n) is 2.84. The number of esters is 1. The Kier molecular flexibility index (Phi) is 8.73. The average molecular weight is 335 g/mol. The molecule has 0 aromatic heterocycles. The first kappa shape index (κ1) is 20.4. The van der Waals surface area contributed by atoms with Crippen LogP contribution in [0.1, 0.15) is 20.8 Å². The van der Waals surface area contributed by atoms with Crippen molar-refractivity contribution in [3.8, 4) is 0 Å². The highest BCUT2D eigenvalue weighted by Gasteiger charge is 2.36. The van der Waals surface area contributed by atoms with Crippen LogP contribution < -0.4 is 5.32 Å². The second-order valence-electron chi connectivity index (χ2n) is 4.96. The zero-order valence-corrected chi connectivity index (χ0v) is 13.7. The van der Waals surface area contributed by atoms with Gasteiger partial charge in [-0.1, -0.05) is 25.6 Å². The summed E-state index contributed by atoms with van der Waals surface area (Å²) in [5, 5.41) is 20.5. The van der Waals surface area contributed by atoms with Gasteiger partial charge in [-0.05, 0) is 5.92 Å². The fraction of sp³-hybridized carbons (Fsp3) is 0.692. The number of carboxylic acid groups (broad SMARTS) is 1. The Bertz CT molecular complexity index is 438. The van der Waals surface area contributed by atoms with Crippen LogP contribution >= 0.6 is 11.8 Å². The van der Waals surface area contributed by atoms with Gasteiger partial charge >= 0.3 is 11.9 Å². The van der Waals surface area contributed by atoms with Gasteiger partial charge in [0.25, 0.3) is 0 Å². The van der Waals surface area contributed by atoms with E-state index < -0.39 is 41.0 Å². The van der Waals surface area contributed by atoms with Gasteiger partial charge in [0.05, 0.1) is 13.0 Å². The van der Waals surface area contributed by atoms with E-state index in [1.807, 2.05) is 0 Å². The van der Waals surface area contributed by atoms with Gasteiger partial charge < -0.3 is 20.3 Å². The quantitative estimate of drug-likeness (QED) is 0.513. The van der Waals surface area contributed by atoms with E-state index in [0.717, 1.165) is 7.11 Å². The van der Waals surface area contributed by atoms with Crippen molar-refractivity contribution in [2.24, 2.45) is 11.8 Å². The summed E-state index contributed by atoms with van der Waals surface area (Å²) in [6.45, 7) is 4.47. The van der Waals surface area contributed by atoms with E-state index in [9.17, 15) is 24.3 Å². The van der Waals surface area contributed by atoms with Gasteiger partial charge in [0.2, 0.25) is 5.91 Å². The Labute approximate surface area is 132 Å². The molecule has 0 radical (unpaired) electrons. The van der Waals surface area contributed by atoms with Crippen LogP contribution in [0, 0.1) is 11.8 Å². The standard InChI is InChI=1S/C13H21NO7S/c1-6(2)9(10(16)12(19)21-4)13(20)22-5-8(11(17)18)14-7(3)15/h6,8-10,16H,5H2,1-4H3,(H,14,15)(H,17,18). The highest BCUT2D eigenvalue weighted by Crippen LogP contribution is 2.24. The highest BCUT2D eigenvalue weighted by molar-refractivity contribution is 8.13. The summed E-state index contributed by atoms with van der Waals surface area (Å²) in [4.78, 5) is 45.4. The van der Waals surface area contributed by atoms with Crippen LogP contribution in [-0.2, 0) is 23.9 Å². The molecule has 8 nitrogen and oxygen atoms in total. The first-order valence-electron chi connectivity index (χ1n) is 6.54. The van der Waals surface area contributed by atoms with Crippen LogP contribution in [-0.4, -0.2) is 58.2 Å². The van der Waals surface area contributed by atoms with Crippen molar-refractivity contribution >= 4 is 34.7 Å². The number of hydrogen-bond acceptors (Lipinski definition) is 7. The lowest BCUT2D eigenvalue weighted by atomic mass is 9.91. The molecule has 0 saturated heterocycles. The van der Waals surface area contributed by atoms with Crippen molar-refractivity contribution < 1.29 is 34.1 Å². The molecule has 0 rings (SSSR count). The van der Waals surface area contributed by atoms with E-state index >= 15 is 0 Å². The zero-order chi connectivity index (χ0) is 17.4. The Hall–Kier alpha value is -1.61. The first-order valence-corrected chi connectivity index (χ1v) is 7.52. The second-order valence-corrected chi connectivity index (χ2v) is 5.98. The lowest BCUT2D eigenvalue weighted by Crippen LogP contribution is -2.43. The molecule has 0 aliphatic carbocycles. The third kappa shape index (κ3) is 6.44. The number of ether oxygens (including phenoxy) is 1. The largest absolute Gasteiger partial charge is 0.480 e. The maximum atomic E-state index is 12.1. The van der Waals surface area contributed by atoms with Gasteiger partial charge in [-0.3, -0.25) is 9.59 Å². The normalized spacial score (nSPS) is 14.8. The summed E-state index contributed by atoms with van der Waals surface area (Å²) in [6, 6.07) is -1.23. The molecule has 0 aliphatic rings. The van der Waals surface area contributed by atoms with Crippen molar-refractivity contribution in [1.82, 2.24) is 5.32 Å². The van der Waals surface area contributed by atoms with Crippen LogP contribution in [0.2, 0.25) is 0 Å². The number of aliphatic carboxylic acids is 1. The number of thioether (sulfide) groups is 1. The van der Waals surface area contributed by atoms with E-state index in [1.165, 1.54) is 6.92 Å². The summed E-state index contributed by atoms with van der Waals surface area (Å²) >= 11 is 0.645. The predicted octanol–water partition coefficient (Wildman–Crippen LogP) is -0.358. The van der Waals surface area contributed by atoms with Crippen molar-refractivity contribution in [3.63, 3.8) is 0 Å². The molecule has 0 aromatic carbocycles. The lowest BCUT2D eigenvalue weighted by Gasteiger charge is -2.23. The smallest absolute Gasteiger partial charge is 0.335 e. The number of hydrogen-bond donors (Lipinski definition) is 3. The minimum atomic E-state index is -1.62. The average Bonchev–Trinajstić information content (AvgIpc) is 2.41. The molecular formula is C13H21NO7S. The molecule has 0 aromatic rings. The fourth-order valence-corrected chi connectivity index (χ4v) is 2.87. The van der Waals surface area contributed by atoms with Crippen molar-refractivity contribution in [2.45, 2.75) is 32.9 Å². The Morgan fingerprint density at radius 2 is 1.77 bits per heavy atom. The molecule has 0 heterocycles. The highest BCUT2D eigenvalue weighted by atomic mass is 32.2. The summed E-state index contributed by atoms with van der Waals surface area (Å²) in [5.41, 5.74) is 0. The molecule has 3 N–H and O–H groups in total. The molecule has 9 heteroatoms. The van der Waals surface area contributed by atoms with Gasteiger partial charge in [0.15, 0.2) is 11.2 Å². The Morgan fingerprint density at radius 3 is 2.14 bits per heavy atom. The molecule has 0 aliphatic heterocycles. The van der Waals surface area contributed by atoms with Gasteiger partial charge in [0, 0.05) is 12.7 Å². The maximum absolute atomic E-state index is 12.1. The molecule has 1 amide bonds. The monoisotopic (exact) mass is 335 g/mol. The summed E-state index contributed by atoms with van der Waals surface area (Å²) in [7, 11) is 1.10. The third-order valence-corrected chi connectivity index (χ3v) is 3.90. The first-order chi connectivity index (χ1) is 10.1. The second kappa shape index (κ2) is 9.42. The van der Waals surface area contributed by atoms with Gasteiger partial charge in [-0.15, -0.1) is 0 Å². The minimum absolute atomic E-state index is 0.204. The zero-order valence-electron chi connectivity index (χ0n) is 12.9. The molecule has 22 heavy (non-hydrogen) atoms. The molecule has 0 spiro atoms. The van der Waals surface area contributed by atoms with Gasteiger partial charge in [-0.2, -0.15) is 0 Å². The number of aliphatic hydroxyl groups is 1. The topological polar surface area (TPSA) is 130 Å². The van der Waals surface area contributed by atoms with Crippen molar-refractivity contribution in [3.05, 3.63) is 0 Å². The summed E-state index contributed by atoms with van der Waals surface area (Å²) < 4.78 is 4.41. The Morgan fingerprint density at radius 1 is 1.23 bits per heavy atom. The molecule has 0 fully saturated rings. The van der Waals surface area contributed by atoms with Crippen LogP contribution in [0.25, 0.3) is 0 Å². The predicted molar refractivity (Wildman–Crippen MR) is 79.1 cm³/mol. The lowest BCUT2D eigenvalue weighted by molar-refractivity contribution is -0.156. The number of carbonyl (C=O) groups excluding carboxylic acids is 3. The van der Waals surface area contributed by atoms with Gasteiger partial charge in [-0.25, -0.2) is 9.59 Å². The van der Waals surface area contributed by atoms with Crippen LogP contribution in [0.5, 0.6) is 0 Å². The van der Waals surface area contributed by atoms with Crippen LogP contribution in [0.15, 0.2) is 0 Å². The van der Waals surface area contributed by atoms with E-state index in [1.54, 1.807) is 13.8 Å². The molecular weight excluding hydrogens is 314 g/mol. The number of nitrogens with one attached hydrogen (secondary N) is 1. The van der Waals surface area contributed by atoms with Gasteiger partial charge in [0.1, 0.15) is 6.04 Å². The molecule has 0 saturated carbocycles. The number of amides is 1.